The lowest BCUT2D eigenvalue weighted by molar-refractivity contribution is 0.603. The van der Waals surface area contributed by atoms with Gasteiger partial charge in [0, 0.05) is 22.1 Å². The number of hydrogen-bond donors (Lipinski definition) is 0. The van der Waals surface area contributed by atoms with Crippen molar-refractivity contribution in [3.05, 3.63) is 198 Å². The molecule has 0 bridgehead atoms. The summed E-state index contributed by atoms with van der Waals surface area (Å²) in [4.78, 5) is 0. The lowest BCUT2D eigenvalue weighted by atomic mass is 9.84. The summed E-state index contributed by atoms with van der Waals surface area (Å²) < 4.78 is 6.64. The van der Waals surface area contributed by atoms with Crippen LogP contribution < -0.4 is 0 Å². The van der Waals surface area contributed by atoms with Crippen molar-refractivity contribution in [2.75, 3.05) is 0 Å². The highest BCUT2D eigenvalue weighted by Crippen LogP contribution is 2.47. The summed E-state index contributed by atoms with van der Waals surface area (Å²) in [5, 5.41) is 30.0. The first kappa shape index (κ1) is 34.5. The quantitative estimate of drug-likeness (QED) is 0.160. The Labute approximate surface area is 336 Å². The van der Waals surface area contributed by atoms with E-state index in [1.165, 1.54) is 0 Å². The second-order valence-electron chi connectivity index (χ2n) is 14.6. The average molecular weight is 739 g/mol. The van der Waals surface area contributed by atoms with Crippen molar-refractivity contribution in [2.24, 2.45) is 0 Å². The average Bonchev–Trinajstić information content (AvgIpc) is 3.63. The molecule has 3 nitrogen and oxygen atoms in total. The van der Waals surface area contributed by atoms with E-state index in [1.54, 1.807) is 6.08 Å². The van der Waals surface area contributed by atoms with E-state index < -0.39 is 0 Å². The Kier molecular flexibility index (Phi) is 8.30. The number of furan rings is 1. The molecule has 270 valence electrons. The Morgan fingerprint density at radius 3 is 1.38 bits per heavy atom. The van der Waals surface area contributed by atoms with Gasteiger partial charge in [0.25, 0.3) is 0 Å². The second-order valence-corrected chi connectivity index (χ2v) is 14.6. The molecule has 0 amide bonds. The van der Waals surface area contributed by atoms with E-state index in [9.17, 15) is 10.5 Å². The number of nitrogens with zero attached hydrogens (tertiary/aromatic N) is 2. The van der Waals surface area contributed by atoms with Crippen LogP contribution >= 0.6 is 0 Å². The molecule has 9 aromatic carbocycles. The highest BCUT2D eigenvalue weighted by Gasteiger charge is 2.21. The minimum absolute atomic E-state index is 0.650. The highest BCUT2D eigenvalue weighted by molar-refractivity contribution is 6.23. The van der Waals surface area contributed by atoms with Crippen LogP contribution in [-0.2, 0) is 0 Å². The minimum Gasteiger partial charge on any atom is -0.456 e. The molecule has 0 saturated carbocycles. The normalized spacial score (nSPS) is 11.7. The zero-order valence-electron chi connectivity index (χ0n) is 31.8. The molecule has 0 aliphatic rings. The molecule has 0 fully saturated rings. The molecular weight excluding hydrogens is 705 g/mol. The molecular formula is C55H34N2O. The number of allylic oxidation sites excluding steroid dienone is 1. The maximum absolute atomic E-state index is 10.1. The second kappa shape index (κ2) is 13.9. The van der Waals surface area contributed by atoms with Crippen molar-refractivity contribution in [2.45, 2.75) is 6.92 Å². The fourth-order valence-electron chi connectivity index (χ4n) is 9.05. The zero-order chi connectivity index (χ0) is 39.3. The zero-order valence-corrected chi connectivity index (χ0v) is 31.8. The van der Waals surface area contributed by atoms with Crippen LogP contribution in [0.4, 0.5) is 0 Å². The molecule has 0 saturated heterocycles. The maximum Gasteiger partial charge on any atom is 0.136 e. The third-order valence-corrected chi connectivity index (χ3v) is 11.5. The van der Waals surface area contributed by atoms with Gasteiger partial charge in [-0.2, -0.15) is 10.5 Å². The van der Waals surface area contributed by atoms with Gasteiger partial charge in [-0.1, -0.05) is 146 Å². The molecule has 0 spiro atoms. The van der Waals surface area contributed by atoms with Gasteiger partial charge in [-0.15, -0.1) is 0 Å². The molecule has 0 unspecified atom stereocenters. The molecule has 0 aliphatic carbocycles. The largest absolute Gasteiger partial charge is 0.456 e. The molecule has 1 heterocycles. The minimum atomic E-state index is 0.650. The number of fused-ring (bicyclic) bond motifs is 5. The van der Waals surface area contributed by atoms with Crippen LogP contribution in [0.5, 0.6) is 0 Å². The van der Waals surface area contributed by atoms with Gasteiger partial charge in [-0.25, -0.2) is 0 Å². The van der Waals surface area contributed by atoms with Gasteiger partial charge in [0.1, 0.15) is 11.3 Å². The van der Waals surface area contributed by atoms with Crippen molar-refractivity contribution >= 4 is 71.8 Å². The summed E-state index contributed by atoms with van der Waals surface area (Å²) in [5.41, 5.74) is 11.4. The Bertz CT molecular complexity index is 3340. The highest BCUT2D eigenvalue weighted by atomic mass is 16.3. The van der Waals surface area contributed by atoms with Crippen molar-refractivity contribution in [1.29, 1.82) is 10.5 Å². The molecule has 0 radical (unpaired) electrons. The molecule has 0 aliphatic heterocycles. The SMILES string of the molecule is C=Cc1oc2cc(-c3c4ccccc4c(-c4ccccc4C#N)c4ccccc34)ccc2c1/C=C(\C)c1c2ccccc2c(-c2ccccc2C#N)c2ccccc12. The summed E-state index contributed by atoms with van der Waals surface area (Å²) in [6.07, 6.45) is 4.02. The van der Waals surface area contributed by atoms with Crippen molar-refractivity contribution in [3.8, 4) is 45.5 Å². The van der Waals surface area contributed by atoms with E-state index >= 15 is 0 Å². The smallest absolute Gasteiger partial charge is 0.136 e. The molecule has 3 heteroatoms. The Morgan fingerprint density at radius 2 is 0.914 bits per heavy atom. The summed E-state index contributed by atoms with van der Waals surface area (Å²) in [6.45, 7) is 6.34. The third kappa shape index (κ3) is 5.34. The monoisotopic (exact) mass is 738 g/mol. The number of hydrogen-bond acceptors (Lipinski definition) is 3. The maximum atomic E-state index is 10.1. The van der Waals surface area contributed by atoms with Crippen molar-refractivity contribution in [3.63, 3.8) is 0 Å². The number of nitriles is 2. The predicted molar refractivity (Wildman–Crippen MR) is 242 cm³/mol. The molecule has 0 atom stereocenters. The lowest BCUT2D eigenvalue weighted by Gasteiger charge is -2.18. The molecule has 10 aromatic rings. The van der Waals surface area contributed by atoms with Gasteiger partial charge in [0.2, 0.25) is 0 Å². The summed E-state index contributed by atoms with van der Waals surface area (Å²) in [7, 11) is 0. The predicted octanol–water partition coefficient (Wildman–Crippen LogP) is 15.0. The summed E-state index contributed by atoms with van der Waals surface area (Å²) in [6, 6.07) is 61.0. The van der Waals surface area contributed by atoms with E-state index in [-0.39, 0.29) is 0 Å². The Morgan fingerprint density at radius 1 is 0.500 bits per heavy atom. The topological polar surface area (TPSA) is 60.7 Å². The molecule has 58 heavy (non-hydrogen) atoms. The van der Waals surface area contributed by atoms with Crippen LogP contribution in [0.15, 0.2) is 175 Å². The Hall–Kier alpha value is -7.98. The van der Waals surface area contributed by atoms with Gasteiger partial charge in [0.05, 0.1) is 23.3 Å². The van der Waals surface area contributed by atoms with E-state index in [2.05, 4.69) is 147 Å². The third-order valence-electron chi connectivity index (χ3n) is 11.5. The molecule has 1 aromatic heterocycles. The first-order valence-electron chi connectivity index (χ1n) is 19.3. The van der Waals surface area contributed by atoms with Crippen LogP contribution in [0, 0.1) is 22.7 Å². The van der Waals surface area contributed by atoms with Crippen molar-refractivity contribution < 1.29 is 4.42 Å². The number of benzene rings is 9. The van der Waals surface area contributed by atoms with Gasteiger partial charge in [-0.05, 0) is 120 Å². The van der Waals surface area contributed by atoms with Crippen LogP contribution in [-0.4, -0.2) is 0 Å². The van der Waals surface area contributed by atoms with Crippen LogP contribution in [0.2, 0.25) is 0 Å². The van der Waals surface area contributed by atoms with Gasteiger partial charge in [0.15, 0.2) is 0 Å². The van der Waals surface area contributed by atoms with E-state index in [4.69, 9.17) is 4.42 Å². The van der Waals surface area contributed by atoms with E-state index in [1.807, 2.05) is 48.5 Å². The van der Waals surface area contributed by atoms with Crippen molar-refractivity contribution in [1.82, 2.24) is 0 Å². The summed E-state index contributed by atoms with van der Waals surface area (Å²) >= 11 is 0. The molecule has 10 rings (SSSR count). The van der Waals surface area contributed by atoms with Gasteiger partial charge >= 0.3 is 0 Å². The lowest BCUT2D eigenvalue weighted by Crippen LogP contribution is -1.94. The van der Waals surface area contributed by atoms with Gasteiger partial charge in [-0.3, -0.25) is 0 Å². The molecule has 0 N–H and O–H groups in total. The fourth-order valence-corrected chi connectivity index (χ4v) is 9.05. The summed E-state index contributed by atoms with van der Waals surface area (Å²) in [5.74, 6) is 0.706. The first-order chi connectivity index (χ1) is 28.6. The first-order valence-corrected chi connectivity index (χ1v) is 19.3. The van der Waals surface area contributed by atoms with Crippen LogP contribution in [0.25, 0.3) is 105 Å². The standard InChI is InChI=1S/C55H34N2O/c1-3-50-49(30-34(2)52-41-20-8-12-24-45(41)54(46-25-13-9-21-42(46)52)38-18-6-4-16-36(38)32-56)40-29-28-35(31-51(40)58-50)53-43-22-10-14-26-47(43)55(48-27-15-11-23-44(48)53)39-19-7-5-17-37(39)33-57/h3-31H,1H2,2H3/b34-30+. The van der Waals surface area contributed by atoms with Gasteiger partial charge < -0.3 is 4.42 Å². The van der Waals surface area contributed by atoms with E-state index in [0.717, 1.165) is 104 Å². The van der Waals surface area contributed by atoms with E-state index in [0.29, 0.717) is 16.9 Å². The van der Waals surface area contributed by atoms with Crippen LogP contribution in [0.1, 0.15) is 34.9 Å². The number of rotatable bonds is 6. The Balaban J connectivity index is 1.18. The van der Waals surface area contributed by atoms with Crippen LogP contribution in [0.3, 0.4) is 0 Å². The fraction of sp³-hybridized carbons (Fsp3) is 0.0182.